The summed E-state index contributed by atoms with van der Waals surface area (Å²) in [6.07, 6.45) is 4.94. The standard InChI is InChI=1S/C13H28OSi2/c1-11-8-12(14-16(5,6)7)10-13(9-11)15(2,3)4/h8,11,13H,9-10H2,1-7H3/t11-,13+/m1/s1. The Morgan fingerprint density at radius 2 is 1.69 bits per heavy atom. The zero-order chi connectivity index (χ0) is 12.6. The van der Waals surface area contributed by atoms with Gasteiger partial charge < -0.3 is 4.43 Å². The molecule has 2 atom stereocenters. The Balaban J connectivity index is 2.73. The first kappa shape index (κ1) is 14.0. The maximum absolute atomic E-state index is 6.20. The van der Waals surface area contributed by atoms with Crippen LogP contribution in [-0.4, -0.2) is 16.4 Å². The molecule has 0 aromatic carbocycles. The van der Waals surface area contributed by atoms with Crippen molar-refractivity contribution in [3.05, 3.63) is 11.8 Å². The van der Waals surface area contributed by atoms with E-state index in [1.807, 2.05) is 0 Å². The summed E-state index contributed by atoms with van der Waals surface area (Å²) >= 11 is 0. The highest BCUT2D eigenvalue weighted by Crippen LogP contribution is 2.40. The minimum atomic E-state index is -1.42. The molecule has 1 rings (SSSR count). The lowest BCUT2D eigenvalue weighted by Crippen LogP contribution is -2.33. The molecule has 0 radical (unpaired) electrons. The lowest BCUT2D eigenvalue weighted by molar-refractivity contribution is 0.360. The number of hydrogen-bond donors (Lipinski definition) is 0. The second-order valence-corrected chi connectivity index (χ2v) is 17.3. The molecule has 0 aliphatic heterocycles. The SMILES string of the molecule is C[C@@H]1C=C(O[Si](C)(C)C)C[C@@H]([Si](C)(C)C)C1. The second-order valence-electron chi connectivity index (χ2n) is 7.33. The molecular weight excluding hydrogens is 228 g/mol. The summed E-state index contributed by atoms with van der Waals surface area (Å²) < 4.78 is 6.20. The van der Waals surface area contributed by atoms with E-state index in [1.165, 1.54) is 18.6 Å². The van der Waals surface area contributed by atoms with Gasteiger partial charge in [-0.05, 0) is 43.6 Å². The second kappa shape index (κ2) is 4.69. The minimum absolute atomic E-state index is 0.705. The van der Waals surface area contributed by atoms with Crippen LogP contribution < -0.4 is 0 Å². The quantitative estimate of drug-likeness (QED) is 0.655. The highest BCUT2D eigenvalue weighted by Gasteiger charge is 2.33. The van der Waals surface area contributed by atoms with Gasteiger partial charge >= 0.3 is 0 Å². The van der Waals surface area contributed by atoms with Crippen molar-refractivity contribution in [2.45, 2.75) is 64.6 Å². The molecule has 0 spiro atoms. The van der Waals surface area contributed by atoms with Gasteiger partial charge in [0.15, 0.2) is 0 Å². The first-order valence-corrected chi connectivity index (χ1v) is 13.5. The summed E-state index contributed by atoms with van der Waals surface area (Å²) in [6.45, 7) is 16.6. The fraction of sp³-hybridized carbons (Fsp3) is 0.846. The van der Waals surface area contributed by atoms with Crippen molar-refractivity contribution in [1.29, 1.82) is 0 Å². The summed E-state index contributed by atoms with van der Waals surface area (Å²) in [5.41, 5.74) is 0.902. The van der Waals surface area contributed by atoms with Crippen molar-refractivity contribution in [2.75, 3.05) is 0 Å². The Morgan fingerprint density at radius 3 is 2.12 bits per heavy atom. The van der Waals surface area contributed by atoms with Crippen LogP contribution in [-0.2, 0) is 4.43 Å². The van der Waals surface area contributed by atoms with E-state index >= 15 is 0 Å². The molecule has 16 heavy (non-hydrogen) atoms. The van der Waals surface area contributed by atoms with Gasteiger partial charge in [-0.25, -0.2) is 0 Å². The molecule has 0 aromatic rings. The molecule has 94 valence electrons. The smallest absolute Gasteiger partial charge is 0.241 e. The summed E-state index contributed by atoms with van der Waals surface area (Å²) in [5, 5.41) is 0. The molecule has 0 saturated heterocycles. The van der Waals surface area contributed by atoms with Gasteiger partial charge in [-0.15, -0.1) is 0 Å². The van der Waals surface area contributed by atoms with Crippen molar-refractivity contribution in [2.24, 2.45) is 5.92 Å². The van der Waals surface area contributed by atoms with E-state index < -0.39 is 16.4 Å². The molecule has 0 amide bonds. The average molecular weight is 257 g/mol. The molecule has 3 heteroatoms. The third-order valence-corrected chi connectivity index (χ3v) is 7.00. The van der Waals surface area contributed by atoms with Gasteiger partial charge in [0.25, 0.3) is 0 Å². The van der Waals surface area contributed by atoms with E-state index in [0.29, 0.717) is 5.92 Å². The first-order valence-electron chi connectivity index (χ1n) is 6.47. The minimum Gasteiger partial charge on any atom is -0.548 e. The van der Waals surface area contributed by atoms with Gasteiger partial charge in [-0.2, -0.15) is 0 Å². The van der Waals surface area contributed by atoms with Crippen LogP contribution in [0.1, 0.15) is 19.8 Å². The average Bonchev–Trinajstić information content (AvgIpc) is 1.97. The highest BCUT2D eigenvalue weighted by atomic mass is 28.4. The van der Waals surface area contributed by atoms with Gasteiger partial charge in [0.05, 0.1) is 5.76 Å². The Kier molecular flexibility index (Phi) is 4.11. The van der Waals surface area contributed by atoms with Crippen molar-refractivity contribution in [3.63, 3.8) is 0 Å². The fourth-order valence-electron chi connectivity index (χ4n) is 2.36. The van der Waals surface area contributed by atoms with Crippen LogP contribution in [0.15, 0.2) is 11.8 Å². The van der Waals surface area contributed by atoms with Crippen molar-refractivity contribution < 1.29 is 4.43 Å². The summed E-state index contributed by atoms with van der Waals surface area (Å²) in [6, 6.07) is 0. The Labute approximate surface area is 103 Å². The molecule has 0 saturated carbocycles. The van der Waals surface area contributed by atoms with Crippen molar-refractivity contribution in [1.82, 2.24) is 0 Å². The fourth-order valence-corrected chi connectivity index (χ4v) is 5.19. The maximum atomic E-state index is 6.20. The Bertz CT molecular complexity index is 271. The van der Waals surface area contributed by atoms with E-state index in [2.05, 4.69) is 52.3 Å². The normalized spacial score (nSPS) is 27.6. The zero-order valence-corrected chi connectivity index (χ0v) is 14.1. The molecule has 0 heterocycles. The molecule has 1 aliphatic carbocycles. The van der Waals surface area contributed by atoms with Gasteiger partial charge in [-0.3, -0.25) is 0 Å². The van der Waals surface area contributed by atoms with Crippen LogP contribution in [0.3, 0.4) is 0 Å². The third kappa shape index (κ3) is 4.46. The predicted octanol–water partition coefficient (Wildman–Crippen LogP) is 4.86. The highest BCUT2D eigenvalue weighted by molar-refractivity contribution is 6.77. The molecule has 0 unspecified atom stereocenters. The number of allylic oxidation sites excluding steroid dienone is 2. The topological polar surface area (TPSA) is 9.23 Å². The molecular formula is C13H28OSi2. The van der Waals surface area contributed by atoms with Crippen LogP contribution in [0.2, 0.25) is 44.8 Å². The largest absolute Gasteiger partial charge is 0.548 e. The molecule has 1 nitrogen and oxygen atoms in total. The van der Waals surface area contributed by atoms with Crippen LogP contribution in [0, 0.1) is 5.92 Å². The van der Waals surface area contributed by atoms with Crippen LogP contribution in [0.4, 0.5) is 0 Å². The van der Waals surface area contributed by atoms with Crippen LogP contribution in [0.5, 0.6) is 0 Å². The summed E-state index contributed by atoms with van der Waals surface area (Å²) in [4.78, 5) is 0. The third-order valence-electron chi connectivity index (χ3n) is 3.24. The van der Waals surface area contributed by atoms with Gasteiger partial charge in [0.1, 0.15) is 0 Å². The summed E-state index contributed by atoms with van der Waals surface area (Å²) in [7, 11) is -2.44. The number of rotatable bonds is 3. The summed E-state index contributed by atoms with van der Waals surface area (Å²) in [5.74, 6) is 2.00. The Hall–Kier alpha value is -0.0262. The maximum Gasteiger partial charge on any atom is 0.241 e. The van der Waals surface area contributed by atoms with Gasteiger partial charge in [0, 0.05) is 14.5 Å². The zero-order valence-electron chi connectivity index (χ0n) is 12.1. The molecule has 0 bridgehead atoms. The van der Waals surface area contributed by atoms with E-state index in [0.717, 1.165) is 5.54 Å². The molecule has 0 fully saturated rings. The number of hydrogen-bond acceptors (Lipinski definition) is 1. The van der Waals surface area contributed by atoms with Crippen molar-refractivity contribution in [3.8, 4) is 0 Å². The molecule has 1 aliphatic rings. The monoisotopic (exact) mass is 256 g/mol. The van der Waals surface area contributed by atoms with E-state index in [-0.39, 0.29) is 0 Å². The van der Waals surface area contributed by atoms with Crippen LogP contribution in [0.25, 0.3) is 0 Å². The Morgan fingerprint density at radius 1 is 1.12 bits per heavy atom. The van der Waals surface area contributed by atoms with Crippen LogP contribution >= 0.6 is 0 Å². The lowest BCUT2D eigenvalue weighted by Gasteiger charge is -2.36. The van der Waals surface area contributed by atoms with Gasteiger partial charge in [0.2, 0.25) is 8.32 Å². The van der Waals surface area contributed by atoms with E-state index in [4.69, 9.17) is 4.43 Å². The predicted molar refractivity (Wildman–Crippen MR) is 78.0 cm³/mol. The van der Waals surface area contributed by atoms with Gasteiger partial charge in [-0.1, -0.05) is 26.6 Å². The molecule has 0 aromatic heterocycles. The van der Waals surface area contributed by atoms with E-state index in [1.54, 1.807) is 0 Å². The molecule has 0 N–H and O–H groups in total. The first-order chi connectivity index (χ1) is 7.08. The van der Waals surface area contributed by atoms with Crippen molar-refractivity contribution >= 4 is 16.4 Å². The van der Waals surface area contributed by atoms with E-state index in [9.17, 15) is 0 Å². The lowest BCUT2D eigenvalue weighted by atomic mass is 9.96.